The van der Waals surface area contributed by atoms with Gasteiger partial charge in [-0.2, -0.15) is 5.26 Å². The van der Waals surface area contributed by atoms with E-state index < -0.39 is 17.9 Å². The number of aliphatic carboxylic acids is 1. The van der Waals surface area contributed by atoms with Crippen molar-refractivity contribution < 1.29 is 24.3 Å². The van der Waals surface area contributed by atoms with Gasteiger partial charge in [-0.15, -0.1) is 11.3 Å². The van der Waals surface area contributed by atoms with Crippen molar-refractivity contribution in [2.24, 2.45) is 5.92 Å². The van der Waals surface area contributed by atoms with Gasteiger partial charge in [0, 0.05) is 47.1 Å². The second kappa shape index (κ2) is 12.7. The Labute approximate surface area is 253 Å². The Bertz CT molecular complexity index is 1560. The van der Waals surface area contributed by atoms with E-state index in [0.717, 1.165) is 23.4 Å². The van der Waals surface area contributed by atoms with Crippen molar-refractivity contribution in [3.8, 4) is 6.07 Å². The van der Waals surface area contributed by atoms with E-state index in [1.54, 1.807) is 54.6 Å². The van der Waals surface area contributed by atoms with Crippen molar-refractivity contribution in [3.63, 3.8) is 0 Å². The van der Waals surface area contributed by atoms with Gasteiger partial charge in [0.15, 0.2) is 0 Å². The van der Waals surface area contributed by atoms with E-state index in [-0.39, 0.29) is 36.2 Å². The average molecular weight is 600 g/mol. The molecule has 222 valence electrons. The number of carboxylic acid groups (broad SMARTS) is 1. The third kappa shape index (κ3) is 6.87. The maximum absolute atomic E-state index is 13.3. The summed E-state index contributed by atoms with van der Waals surface area (Å²) in [6, 6.07) is 16.4. The Morgan fingerprint density at radius 3 is 2.37 bits per heavy atom. The molecule has 2 fully saturated rings. The summed E-state index contributed by atoms with van der Waals surface area (Å²) in [7, 11) is 0. The lowest BCUT2D eigenvalue weighted by atomic mass is 10.0. The Balaban J connectivity index is 1.38. The second-order valence-corrected chi connectivity index (χ2v) is 12.1. The monoisotopic (exact) mass is 599 g/mol. The number of amides is 3. The normalized spacial score (nSPS) is 18.8. The summed E-state index contributed by atoms with van der Waals surface area (Å²) in [6.07, 6.45) is 1.39. The number of piperazine rings is 1. The van der Waals surface area contributed by atoms with E-state index in [1.807, 2.05) is 24.1 Å². The van der Waals surface area contributed by atoms with Crippen LogP contribution in [-0.2, 0) is 9.59 Å². The maximum Gasteiger partial charge on any atom is 0.305 e. The van der Waals surface area contributed by atoms with Crippen LogP contribution in [0.4, 0.5) is 11.4 Å². The molecule has 1 saturated heterocycles. The standard InChI is InChI=1S/C32H33N5O5S/c1-19-18-37(32(42)23-7-5-21(16-33)6-8-23)20(2)17-36(19)27-12-11-24(14-25(27)34-30(40)22-9-10-22)31(41)35-26(15-29(38)39)28-4-3-13-43-28/h3-8,11-14,19-20,22,26H,9-10,15,17-18H2,1-2H3,(H,34,40)(H,35,41)(H,38,39). The molecule has 43 heavy (non-hydrogen) atoms. The maximum atomic E-state index is 13.3. The first-order valence-electron chi connectivity index (χ1n) is 14.2. The summed E-state index contributed by atoms with van der Waals surface area (Å²) >= 11 is 1.37. The van der Waals surface area contributed by atoms with Gasteiger partial charge < -0.3 is 25.5 Å². The summed E-state index contributed by atoms with van der Waals surface area (Å²) < 4.78 is 0. The number of nitriles is 1. The van der Waals surface area contributed by atoms with Crippen molar-refractivity contribution in [2.45, 2.75) is 51.2 Å². The fourth-order valence-electron chi connectivity index (χ4n) is 5.34. The van der Waals surface area contributed by atoms with Gasteiger partial charge in [0.2, 0.25) is 5.91 Å². The minimum atomic E-state index is -1.02. The minimum Gasteiger partial charge on any atom is -0.481 e. The number of hydrogen-bond donors (Lipinski definition) is 3. The van der Waals surface area contributed by atoms with Gasteiger partial charge in [0.1, 0.15) is 0 Å². The molecule has 5 rings (SSSR count). The zero-order chi connectivity index (χ0) is 30.7. The van der Waals surface area contributed by atoms with Crippen molar-refractivity contribution >= 4 is 46.4 Å². The Hall–Kier alpha value is -4.69. The van der Waals surface area contributed by atoms with Crippen LogP contribution in [0, 0.1) is 17.2 Å². The summed E-state index contributed by atoms with van der Waals surface area (Å²) in [4.78, 5) is 55.7. The molecule has 0 bridgehead atoms. The molecule has 2 aliphatic rings. The molecule has 3 N–H and O–H groups in total. The number of nitrogens with one attached hydrogen (secondary N) is 2. The van der Waals surface area contributed by atoms with Crippen molar-refractivity contribution in [2.75, 3.05) is 23.3 Å². The zero-order valence-electron chi connectivity index (χ0n) is 23.9. The molecule has 1 saturated carbocycles. The van der Waals surface area contributed by atoms with Crippen molar-refractivity contribution in [3.05, 3.63) is 81.5 Å². The topological polar surface area (TPSA) is 143 Å². The molecule has 3 atom stereocenters. The van der Waals surface area contributed by atoms with Gasteiger partial charge in [-0.05, 0) is 80.6 Å². The smallest absolute Gasteiger partial charge is 0.305 e. The Morgan fingerprint density at radius 2 is 1.74 bits per heavy atom. The number of anilines is 2. The fraction of sp³-hybridized carbons (Fsp3) is 0.344. The molecule has 1 aliphatic carbocycles. The highest BCUT2D eigenvalue weighted by Gasteiger charge is 2.35. The number of thiophene rings is 1. The molecule has 2 aromatic carbocycles. The van der Waals surface area contributed by atoms with Gasteiger partial charge in [-0.25, -0.2) is 0 Å². The number of carboxylic acids is 1. The third-order valence-corrected chi connectivity index (χ3v) is 8.84. The van der Waals surface area contributed by atoms with Crippen LogP contribution in [0.15, 0.2) is 60.0 Å². The van der Waals surface area contributed by atoms with E-state index in [1.165, 1.54) is 11.3 Å². The molecule has 1 aliphatic heterocycles. The minimum absolute atomic E-state index is 0.0534. The molecule has 3 amide bonds. The zero-order valence-corrected chi connectivity index (χ0v) is 24.8. The van der Waals surface area contributed by atoms with E-state index in [9.17, 15) is 24.3 Å². The summed E-state index contributed by atoms with van der Waals surface area (Å²) in [5.74, 6) is -1.73. The summed E-state index contributed by atoms with van der Waals surface area (Å²) in [5, 5.41) is 26.2. The van der Waals surface area contributed by atoms with Gasteiger partial charge in [0.25, 0.3) is 11.8 Å². The van der Waals surface area contributed by atoms with Gasteiger partial charge in [-0.1, -0.05) is 6.07 Å². The van der Waals surface area contributed by atoms with Crippen molar-refractivity contribution in [1.29, 1.82) is 5.26 Å². The van der Waals surface area contributed by atoms with Crippen LogP contribution in [0.3, 0.4) is 0 Å². The molecule has 11 heteroatoms. The fourth-order valence-corrected chi connectivity index (χ4v) is 6.11. The lowest BCUT2D eigenvalue weighted by Crippen LogP contribution is -2.58. The Kier molecular flexibility index (Phi) is 8.78. The van der Waals surface area contributed by atoms with Crippen LogP contribution in [0.5, 0.6) is 0 Å². The van der Waals surface area contributed by atoms with Crippen molar-refractivity contribution in [1.82, 2.24) is 10.2 Å². The largest absolute Gasteiger partial charge is 0.481 e. The Morgan fingerprint density at radius 1 is 1.02 bits per heavy atom. The number of rotatable bonds is 9. The van der Waals surface area contributed by atoms with Crippen LogP contribution < -0.4 is 15.5 Å². The first kappa shape index (κ1) is 29.8. The molecule has 3 unspecified atom stereocenters. The lowest BCUT2D eigenvalue weighted by Gasteiger charge is -2.46. The number of hydrogen-bond acceptors (Lipinski definition) is 7. The molecule has 0 spiro atoms. The highest BCUT2D eigenvalue weighted by molar-refractivity contribution is 7.10. The van der Waals surface area contributed by atoms with Crippen LogP contribution in [0.25, 0.3) is 0 Å². The lowest BCUT2D eigenvalue weighted by molar-refractivity contribution is -0.137. The molecular weight excluding hydrogens is 566 g/mol. The van der Waals surface area contributed by atoms with E-state index >= 15 is 0 Å². The van der Waals surface area contributed by atoms with Gasteiger partial charge >= 0.3 is 5.97 Å². The highest BCUT2D eigenvalue weighted by atomic mass is 32.1. The molecule has 0 radical (unpaired) electrons. The number of nitrogens with zero attached hydrogens (tertiary/aromatic N) is 3. The number of carbonyl (C=O) groups is 4. The molecular formula is C32H33N5O5S. The average Bonchev–Trinajstić information content (AvgIpc) is 3.71. The summed E-state index contributed by atoms with van der Waals surface area (Å²) in [6.45, 7) is 4.92. The first-order chi connectivity index (χ1) is 20.6. The van der Waals surface area contributed by atoms with Gasteiger partial charge in [-0.3, -0.25) is 19.2 Å². The first-order valence-corrected chi connectivity index (χ1v) is 15.1. The van der Waals surface area contributed by atoms with Crippen LogP contribution >= 0.6 is 11.3 Å². The van der Waals surface area contributed by atoms with Crippen LogP contribution in [0.1, 0.15) is 70.3 Å². The van der Waals surface area contributed by atoms with Crippen LogP contribution in [0.2, 0.25) is 0 Å². The second-order valence-electron chi connectivity index (χ2n) is 11.1. The molecule has 2 heterocycles. The summed E-state index contributed by atoms with van der Waals surface area (Å²) in [5.41, 5.74) is 2.56. The van der Waals surface area contributed by atoms with E-state index in [0.29, 0.717) is 35.5 Å². The quantitative estimate of drug-likeness (QED) is 0.325. The highest BCUT2D eigenvalue weighted by Crippen LogP contribution is 2.35. The molecule has 3 aromatic rings. The predicted molar refractivity (Wildman–Crippen MR) is 163 cm³/mol. The van der Waals surface area contributed by atoms with Crippen LogP contribution in [-0.4, -0.2) is 58.9 Å². The number of benzene rings is 2. The SMILES string of the molecule is CC1CN(c2ccc(C(=O)NC(CC(=O)O)c3cccs3)cc2NC(=O)C2CC2)C(C)CN1C(=O)c1ccc(C#N)cc1. The predicted octanol–water partition coefficient (Wildman–Crippen LogP) is 4.65. The molecule has 10 nitrogen and oxygen atoms in total. The van der Waals surface area contributed by atoms with E-state index in [2.05, 4.69) is 21.6 Å². The molecule has 1 aromatic heterocycles. The van der Waals surface area contributed by atoms with Gasteiger partial charge in [0.05, 0.1) is 35.5 Å². The third-order valence-electron chi connectivity index (χ3n) is 7.85. The number of carbonyl (C=O) groups excluding carboxylic acids is 3. The van der Waals surface area contributed by atoms with E-state index in [4.69, 9.17) is 5.26 Å².